The van der Waals surface area contributed by atoms with Gasteiger partial charge in [0.25, 0.3) is 0 Å². The van der Waals surface area contributed by atoms with E-state index in [0.717, 1.165) is 0 Å². The molecule has 0 amide bonds. The molecule has 0 spiro atoms. The van der Waals surface area contributed by atoms with Crippen molar-refractivity contribution in [2.45, 2.75) is 13.8 Å². The molecule has 1 aromatic rings. The van der Waals surface area contributed by atoms with Gasteiger partial charge < -0.3 is 0 Å². The molecule has 0 aliphatic carbocycles. The maximum atomic E-state index is 2.14. The molecule has 0 aliphatic heterocycles. The Bertz CT molecular complexity index is 252. The van der Waals surface area contributed by atoms with Crippen LogP contribution >= 0.6 is 11.3 Å². The number of hydrogen-bond acceptors (Lipinski definition) is 1. The molecule has 0 aromatic carbocycles. The van der Waals surface area contributed by atoms with Gasteiger partial charge in [-0.2, -0.15) is 0 Å². The summed E-state index contributed by atoms with van der Waals surface area (Å²) in [6.07, 6.45) is 6.33. The highest BCUT2D eigenvalue weighted by molar-refractivity contribution is 7.11. The SMILES string of the molecule is CC=CC(=CC)c1cccs1. The van der Waals surface area contributed by atoms with Crippen LogP contribution in [-0.2, 0) is 0 Å². The van der Waals surface area contributed by atoms with Crippen LogP contribution in [0.4, 0.5) is 0 Å². The van der Waals surface area contributed by atoms with Crippen molar-refractivity contribution < 1.29 is 0 Å². The molecular formula is C10H12S. The van der Waals surface area contributed by atoms with Gasteiger partial charge in [-0.1, -0.05) is 24.3 Å². The Kier molecular flexibility index (Phi) is 3.12. The highest BCUT2D eigenvalue weighted by atomic mass is 32.1. The fourth-order valence-electron chi connectivity index (χ4n) is 0.943. The predicted molar refractivity (Wildman–Crippen MR) is 52.8 cm³/mol. The van der Waals surface area contributed by atoms with Gasteiger partial charge in [-0.05, 0) is 30.9 Å². The second-order valence-electron chi connectivity index (χ2n) is 2.22. The lowest BCUT2D eigenvalue weighted by Gasteiger charge is -1.94. The molecule has 0 unspecified atom stereocenters. The van der Waals surface area contributed by atoms with E-state index in [2.05, 4.69) is 42.7 Å². The van der Waals surface area contributed by atoms with Crippen LogP contribution in [0.2, 0.25) is 0 Å². The molecule has 11 heavy (non-hydrogen) atoms. The van der Waals surface area contributed by atoms with Gasteiger partial charge in [0.2, 0.25) is 0 Å². The Labute approximate surface area is 71.9 Å². The summed E-state index contributed by atoms with van der Waals surface area (Å²) < 4.78 is 0. The normalized spacial score (nSPS) is 12.7. The third-order valence-electron chi connectivity index (χ3n) is 1.46. The average molecular weight is 164 g/mol. The molecule has 0 nitrogen and oxygen atoms in total. The Balaban J connectivity index is 2.89. The summed E-state index contributed by atoms with van der Waals surface area (Å²) in [5.74, 6) is 0. The van der Waals surface area contributed by atoms with Gasteiger partial charge in [0, 0.05) is 4.88 Å². The molecule has 1 aromatic heterocycles. The van der Waals surface area contributed by atoms with Gasteiger partial charge in [0.1, 0.15) is 0 Å². The Morgan fingerprint density at radius 1 is 1.45 bits per heavy atom. The molecule has 0 saturated carbocycles. The lowest BCUT2D eigenvalue weighted by Crippen LogP contribution is -1.70. The van der Waals surface area contributed by atoms with Crippen molar-refractivity contribution in [2.75, 3.05) is 0 Å². The van der Waals surface area contributed by atoms with Gasteiger partial charge in [-0.3, -0.25) is 0 Å². The number of allylic oxidation sites excluding steroid dienone is 4. The monoisotopic (exact) mass is 164 g/mol. The van der Waals surface area contributed by atoms with E-state index in [0.29, 0.717) is 0 Å². The maximum absolute atomic E-state index is 2.14. The lowest BCUT2D eigenvalue weighted by atomic mass is 10.2. The van der Waals surface area contributed by atoms with Gasteiger partial charge in [0.15, 0.2) is 0 Å². The molecule has 0 atom stereocenters. The number of hydrogen-bond donors (Lipinski definition) is 0. The van der Waals surface area contributed by atoms with Crippen molar-refractivity contribution in [3.8, 4) is 0 Å². The predicted octanol–water partition coefficient (Wildman–Crippen LogP) is 3.73. The third kappa shape index (κ3) is 2.05. The highest BCUT2D eigenvalue weighted by Crippen LogP contribution is 2.20. The van der Waals surface area contributed by atoms with Gasteiger partial charge in [-0.15, -0.1) is 11.3 Å². The van der Waals surface area contributed by atoms with E-state index >= 15 is 0 Å². The Morgan fingerprint density at radius 2 is 2.27 bits per heavy atom. The Morgan fingerprint density at radius 3 is 2.73 bits per heavy atom. The van der Waals surface area contributed by atoms with Crippen LogP contribution in [0.25, 0.3) is 5.57 Å². The zero-order valence-electron chi connectivity index (χ0n) is 6.87. The lowest BCUT2D eigenvalue weighted by molar-refractivity contribution is 1.68. The first-order valence-corrected chi connectivity index (χ1v) is 4.59. The van der Waals surface area contributed by atoms with E-state index in [1.807, 2.05) is 6.92 Å². The molecule has 0 radical (unpaired) electrons. The minimum absolute atomic E-state index is 1.31. The first-order chi connectivity index (χ1) is 5.38. The summed E-state index contributed by atoms with van der Waals surface area (Å²) in [4.78, 5) is 1.34. The van der Waals surface area contributed by atoms with Gasteiger partial charge >= 0.3 is 0 Å². The molecule has 58 valence electrons. The minimum Gasteiger partial charge on any atom is -0.144 e. The van der Waals surface area contributed by atoms with E-state index in [9.17, 15) is 0 Å². The molecule has 0 N–H and O–H groups in total. The average Bonchev–Trinajstić information content (AvgIpc) is 2.52. The maximum Gasteiger partial charge on any atom is 0.0339 e. The van der Waals surface area contributed by atoms with Gasteiger partial charge in [0.05, 0.1) is 0 Å². The van der Waals surface area contributed by atoms with E-state index in [1.165, 1.54) is 10.5 Å². The quantitative estimate of drug-likeness (QED) is 0.584. The van der Waals surface area contributed by atoms with Crippen LogP contribution in [0.15, 0.2) is 35.7 Å². The summed E-state index contributed by atoms with van der Waals surface area (Å²) in [6.45, 7) is 4.10. The van der Waals surface area contributed by atoms with E-state index in [4.69, 9.17) is 0 Å². The topological polar surface area (TPSA) is 0 Å². The third-order valence-corrected chi connectivity index (χ3v) is 2.38. The van der Waals surface area contributed by atoms with E-state index < -0.39 is 0 Å². The smallest absolute Gasteiger partial charge is 0.0339 e. The zero-order valence-corrected chi connectivity index (χ0v) is 7.69. The second-order valence-corrected chi connectivity index (χ2v) is 3.17. The number of rotatable bonds is 2. The van der Waals surface area contributed by atoms with Crippen molar-refractivity contribution in [1.82, 2.24) is 0 Å². The summed E-state index contributed by atoms with van der Waals surface area (Å²) in [5, 5.41) is 2.10. The molecule has 0 saturated heterocycles. The van der Waals surface area contributed by atoms with Gasteiger partial charge in [-0.25, -0.2) is 0 Å². The highest BCUT2D eigenvalue weighted by Gasteiger charge is 1.94. The van der Waals surface area contributed by atoms with Crippen molar-refractivity contribution in [3.63, 3.8) is 0 Å². The molecule has 1 heterocycles. The van der Waals surface area contributed by atoms with E-state index in [1.54, 1.807) is 11.3 Å². The van der Waals surface area contributed by atoms with Crippen LogP contribution in [0.3, 0.4) is 0 Å². The van der Waals surface area contributed by atoms with Crippen LogP contribution in [0.1, 0.15) is 18.7 Å². The minimum atomic E-state index is 1.31. The summed E-state index contributed by atoms with van der Waals surface area (Å²) >= 11 is 1.78. The largest absolute Gasteiger partial charge is 0.144 e. The first kappa shape index (κ1) is 8.28. The van der Waals surface area contributed by atoms with Crippen LogP contribution in [0.5, 0.6) is 0 Å². The molecule has 0 bridgehead atoms. The fourth-order valence-corrected chi connectivity index (χ4v) is 1.73. The van der Waals surface area contributed by atoms with E-state index in [-0.39, 0.29) is 0 Å². The van der Waals surface area contributed by atoms with Crippen LogP contribution in [-0.4, -0.2) is 0 Å². The second kappa shape index (κ2) is 4.14. The summed E-state index contributed by atoms with van der Waals surface area (Å²) in [7, 11) is 0. The van der Waals surface area contributed by atoms with Crippen LogP contribution in [0, 0.1) is 0 Å². The first-order valence-electron chi connectivity index (χ1n) is 3.71. The zero-order chi connectivity index (χ0) is 8.10. The van der Waals surface area contributed by atoms with Crippen molar-refractivity contribution in [3.05, 3.63) is 40.6 Å². The van der Waals surface area contributed by atoms with Crippen LogP contribution < -0.4 is 0 Å². The fraction of sp³-hybridized carbons (Fsp3) is 0.200. The van der Waals surface area contributed by atoms with Crippen molar-refractivity contribution in [1.29, 1.82) is 0 Å². The Hall–Kier alpha value is -0.820. The molecule has 1 rings (SSSR count). The standard InChI is InChI=1S/C10H12S/c1-3-6-9(4-2)10-7-5-8-11-10/h3-8H,1-2H3. The summed E-state index contributed by atoms with van der Waals surface area (Å²) in [6, 6.07) is 4.22. The van der Waals surface area contributed by atoms with Crippen molar-refractivity contribution in [2.24, 2.45) is 0 Å². The van der Waals surface area contributed by atoms with Crippen molar-refractivity contribution >= 4 is 16.9 Å². The molecule has 0 aliphatic rings. The summed E-state index contributed by atoms with van der Waals surface area (Å²) in [5.41, 5.74) is 1.31. The molecule has 0 fully saturated rings. The molecule has 1 heteroatoms. The molecular weight excluding hydrogens is 152 g/mol. The number of thiophene rings is 1.